The lowest BCUT2D eigenvalue weighted by molar-refractivity contribution is 0.441. The molecule has 0 N–H and O–H groups in total. The van der Waals surface area contributed by atoms with Gasteiger partial charge in [0, 0.05) is 5.92 Å². The molecule has 0 spiro atoms. The number of allylic oxidation sites excluding steroid dienone is 14. The number of fused-ring (bicyclic) bond motifs is 2. The minimum absolute atomic E-state index is 0.527. The van der Waals surface area contributed by atoms with Crippen molar-refractivity contribution in [1.82, 2.24) is 0 Å². The maximum Gasteiger partial charge on any atom is 0.00958 e. The molecule has 0 radical (unpaired) electrons. The first-order valence-corrected chi connectivity index (χ1v) is 7.73. The SMILES string of the molecule is CCC1=CC=C/C1=C/C1C2=CC(=CC3CC=CC31)C=C2. The molecule has 100 valence electrons. The fourth-order valence-electron chi connectivity index (χ4n) is 3.88. The van der Waals surface area contributed by atoms with Crippen LogP contribution in [0.25, 0.3) is 0 Å². The van der Waals surface area contributed by atoms with E-state index in [4.69, 9.17) is 0 Å². The van der Waals surface area contributed by atoms with Crippen molar-refractivity contribution in [2.45, 2.75) is 19.8 Å². The summed E-state index contributed by atoms with van der Waals surface area (Å²) in [4.78, 5) is 0. The molecular weight excluding hydrogens is 240 g/mol. The number of hydrogen-bond donors (Lipinski definition) is 0. The van der Waals surface area contributed by atoms with Crippen LogP contribution in [0.4, 0.5) is 0 Å². The fraction of sp³-hybridized carbons (Fsp3) is 0.300. The summed E-state index contributed by atoms with van der Waals surface area (Å²) in [5, 5.41) is 0. The lowest BCUT2D eigenvalue weighted by Gasteiger charge is -2.25. The Morgan fingerprint density at radius 2 is 2.20 bits per heavy atom. The molecule has 4 rings (SSSR count). The maximum atomic E-state index is 2.50. The molecule has 20 heavy (non-hydrogen) atoms. The third-order valence-electron chi connectivity index (χ3n) is 4.95. The van der Waals surface area contributed by atoms with Crippen molar-refractivity contribution in [3.05, 3.63) is 83.1 Å². The Hall–Kier alpha value is -1.82. The molecule has 0 fully saturated rings. The van der Waals surface area contributed by atoms with Gasteiger partial charge in [-0.15, -0.1) is 0 Å². The van der Waals surface area contributed by atoms with Crippen LogP contribution >= 0.6 is 0 Å². The average Bonchev–Trinajstić information content (AvgIpc) is 3.15. The van der Waals surface area contributed by atoms with E-state index in [0.29, 0.717) is 17.8 Å². The van der Waals surface area contributed by atoms with Crippen LogP contribution in [0.2, 0.25) is 0 Å². The van der Waals surface area contributed by atoms with Crippen LogP contribution in [-0.4, -0.2) is 0 Å². The summed E-state index contributed by atoms with van der Waals surface area (Å²) in [5.41, 5.74) is 5.80. The predicted molar refractivity (Wildman–Crippen MR) is 85.1 cm³/mol. The summed E-state index contributed by atoms with van der Waals surface area (Å²) in [6.07, 6.45) is 25.8. The van der Waals surface area contributed by atoms with Crippen LogP contribution < -0.4 is 0 Å². The highest BCUT2D eigenvalue weighted by atomic mass is 14.4. The van der Waals surface area contributed by atoms with Crippen molar-refractivity contribution in [3.8, 4) is 0 Å². The second kappa shape index (κ2) is 4.63. The number of hydrogen-bond acceptors (Lipinski definition) is 0. The first kappa shape index (κ1) is 12.0. The molecule has 3 unspecified atom stereocenters. The summed E-state index contributed by atoms with van der Waals surface area (Å²) < 4.78 is 0. The zero-order chi connectivity index (χ0) is 13.5. The first-order chi connectivity index (χ1) is 9.85. The Balaban J connectivity index is 1.75. The van der Waals surface area contributed by atoms with Gasteiger partial charge in [0.05, 0.1) is 0 Å². The van der Waals surface area contributed by atoms with Gasteiger partial charge in [-0.1, -0.05) is 67.7 Å². The van der Waals surface area contributed by atoms with Gasteiger partial charge in [-0.2, -0.15) is 0 Å². The maximum absolute atomic E-state index is 2.50. The van der Waals surface area contributed by atoms with Crippen LogP contribution in [0.1, 0.15) is 19.8 Å². The molecule has 0 aliphatic heterocycles. The zero-order valence-electron chi connectivity index (χ0n) is 11.9. The average molecular weight is 260 g/mol. The van der Waals surface area contributed by atoms with Gasteiger partial charge in [0.1, 0.15) is 0 Å². The molecule has 0 heterocycles. The van der Waals surface area contributed by atoms with Gasteiger partial charge in [-0.05, 0) is 47.0 Å². The molecule has 0 saturated heterocycles. The van der Waals surface area contributed by atoms with E-state index in [1.165, 1.54) is 28.7 Å². The molecule has 0 nitrogen and oxygen atoms in total. The van der Waals surface area contributed by atoms with Gasteiger partial charge in [0.2, 0.25) is 0 Å². The molecule has 4 aliphatic carbocycles. The summed E-state index contributed by atoms with van der Waals surface area (Å²) >= 11 is 0. The van der Waals surface area contributed by atoms with Crippen molar-refractivity contribution >= 4 is 0 Å². The van der Waals surface area contributed by atoms with Gasteiger partial charge < -0.3 is 0 Å². The Morgan fingerprint density at radius 1 is 1.25 bits per heavy atom. The Kier molecular flexibility index (Phi) is 2.77. The topological polar surface area (TPSA) is 0 Å². The second-order valence-corrected chi connectivity index (χ2v) is 6.10. The molecule has 0 aromatic rings. The fourth-order valence-corrected chi connectivity index (χ4v) is 3.88. The zero-order valence-corrected chi connectivity index (χ0v) is 11.9. The van der Waals surface area contributed by atoms with E-state index in [2.05, 4.69) is 67.7 Å². The van der Waals surface area contributed by atoms with Gasteiger partial charge in [0.25, 0.3) is 0 Å². The monoisotopic (exact) mass is 260 g/mol. The minimum Gasteiger partial charge on any atom is -0.0876 e. The molecule has 3 atom stereocenters. The molecule has 0 aromatic carbocycles. The summed E-state index contributed by atoms with van der Waals surface area (Å²) in [5.74, 6) is 1.85. The Bertz CT molecular complexity index is 644. The molecular formula is C20H20. The normalized spacial score (nSPS) is 35.1. The van der Waals surface area contributed by atoms with Crippen LogP contribution in [0.3, 0.4) is 0 Å². The van der Waals surface area contributed by atoms with E-state index in [9.17, 15) is 0 Å². The van der Waals surface area contributed by atoms with Gasteiger partial charge in [0.15, 0.2) is 0 Å². The standard InChI is InChI=1S/C20H20/c1-2-15-5-3-6-16(15)13-20-18-10-9-14(12-18)11-17-7-4-8-19(17)20/h3-6,8-13,17,19-20H,2,7H2,1H3/b16-13-. The van der Waals surface area contributed by atoms with E-state index in [-0.39, 0.29) is 0 Å². The first-order valence-electron chi connectivity index (χ1n) is 7.73. The van der Waals surface area contributed by atoms with E-state index >= 15 is 0 Å². The highest BCUT2D eigenvalue weighted by molar-refractivity contribution is 5.54. The summed E-state index contributed by atoms with van der Waals surface area (Å²) in [7, 11) is 0. The van der Waals surface area contributed by atoms with E-state index in [1.54, 1.807) is 0 Å². The van der Waals surface area contributed by atoms with E-state index in [0.717, 1.165) is 6.42 Å². The van der Waals surface area contributed by atoms with Crippen molar-refractivity contribution in [2.24, 2.45) is 17.8 Å². The van der Waals surface area contributed by atoms with Crippen molar-refractivity contribution in [1.29, 1.82) is 0 Å². The van der Waals surface area contributed by atoms with Crippen LogP contribution in [0.5, 0.6) is 0 Å². The largest absolute Gasteiger partial charge is 0.0876 e. The lowest BCUT2D eigenvalue weighted by Crippen LogP contribution is -2.17. The highest BCUT2D eigenvalue weighted by Crippen LogP contribution is 2.44. The molecule has 2 bridgehead atoms. The van der Waals surface area contributed by atoms with Gasteiger partial charge >= 0.3 is 0 Å². The minimum atomic E-state index is 0.527. The van der Waals surface area contributed by atoms with E-state index < -0.39 is 0 Å². The summed E-state index contributed by atoms with van der Waals surface area (Å²) in [6, 6.07) is 0. The second-order valence-electron chi connectivity index (χ2n) is 6.10. The summed E-state index contributed by atoms with van der Waals surface area (Å²) in [6.45, 7) is 2.24. The lowest BCUT2D eigenvalue weighted by atomic mass is 9.79. The van der Waals surface area contributed by atoms with E-state index in [1.807, 2.05) is 0 Å². The smallest absolute Gasteiger partial charge is 0.00958 e. The van der Waals surface area contributed by atoms with Gasteiger partial charge in [-0.3, -0.25) is 0 Å². The molecule has 0 saturated carbocycles. The molecule has 0 aromatic heterocycles. The van der Waals surface area contributed by atoms with Crippen molar-refractivity contribution < 1.29 is 0 Å². The Labute approximate surface area is 121 Å². The molecule has 0 amide bonds. The van der Waals surface area contributed by atoms with Crippen LogP contribution in [0, 0.1) is 17.8 Å². The predicted octanol–water partition coefficient (Wildman–Crippen LogP) is 5.06. The molecule has 4 aliphatic rings. The van der Waals surface area contributed by atoms with Crippen molar-refractivity contribution in [2.75, 3.05) is 0 Å². The van der Waals surface area contributed by atoms with Crippen LogP contribution in [-0.2, 0) is 0 Å². The van der Waals surface area contributed by atoms with Crippen LogP contribution in [0.15, 0.2) is 83.1 Å². The molecule has 0 heteroatoms. The highest BCUT2D eigenvalue weighted by Gasteiger charge is 2.33. The third kappa shape index (κ3) is 1.83. The number of rotatable bonds is 2. The third-order valence-corrected chi connectivity index (χ3v) is 4.95. The van der Waals surface area contributed by atoms with Gasteiger partial charge in [-0.25, -0.2) is 0 Å². The van der Waals surface area contributed by atoms with Crippen molar-refractivity contribution in [3.63, 3.8) is 0 Å². The Morgan fingerprint density at radius 3 is 3.10 bits per heavy atom. The quantitative estimate of drug-likeness (QED) is 0.608.